The Kier molecular flexibility index (Phi) is 6.51. The molecule has 2 aromatic rings. The van der Waals surface area contributed by atoms with Crippen LogP contribution in [0.5, 0.6) is 11.5 Å². The molecule has 0 saturated heterocycles. The van der Waals surface area contributed by atoms with Crippen LogP contribution in [0.25, 0.3) is 0 Å². The molecule has 0 amide bonds. The van der Waals surface area contributed by atoms with Crippen LogP contribution in [0.15, 0.2) is 64.8 Å². The predicted molar refractivity (Wildman–Crippen MR) is 94.5 cm³/mol. The van der Waals surface area contributed by atoms with Gasteiger partial charge in [-0.1, -0.05) is 43.7 Å². The molecular weight excluding hydrogens is 320 g/mol. The van der Waals surface area contributed by atoms with Gasteiger partial charge in [0.2, 0.25) is 0 Å². The average molecular weight is 342 g/mol. The summed E-state index contributed by atoms with van der Waals surface area (Å²) in [5, 5.41) is 18.0. The Morgan fingerprint density at radius 1 is 1.12 bits per heavy atom. The van der Waals surface area contributed by atoms with Gasteiger partial charge in [-0.2, -0.15) is 0 Å². The zero-order valence-corrected chi connectivity index (χ0v) is 14.4. The molecule has 1 N–H and O–H groups in total. The summed E-state index contributed by atoms with van der Waals surface area (Å²) in [6.07, 6.45) is 1.67. The maximum atomic E-state index is 12.0. The molecule has 0 bridgehead atoms. The van der Waals surface area contributed by atoms with Gasteiger partial charge in [0.1, 0.15) is 17.2 Å². The van der Waals surface area contributed by atoms with Crippen LogP contribution >= 0.6 is 0 Å². The first-order valence-electron chi connectivity index (χ1n) is 8.14. The maximum absolute atomic E-state index is 12.0. The third kappa shape index (κ3) is 4.79. The number of nitrogens with zero attached hydrogens (tertiary/aromatic N) is 2. The SMILES string of the molecule is CCCCC(N=Nc1ccccc1OC)(Oc1ccccc1)C(=O)O. The smallest absolute Gasteiger partial charge is 0.373 e. The van der Waals surface area contributed by atoms with Crippen molar-refractivity contribution < 1.29 is 19.4 Å². The number of benzene rings is 2. The Labute approximate surface area is 147 Å². The molecule has 25 heavy (non-hydrogen) atoms. The number of para-hydroxylation sites is 2. The van der Waals surface area contributed by atoms with Crippen molar-refractivity contribution in [2.45, 2.75) is 31.9 Å². The van der Waals surface area contributed by atoms with Crippen LogP contribution in [0.2, 0.25) is 0 Å². The third-order valence-electron chi connectivity index (χ3n) is 3.64. The van der Waals surface area contributed by atoms with Gasteiger partial charge in [-0.25, -0.2) is 4.79 Å². The highest BCUT2D eigenvalue weighted by atomic mass is 16.5. The van der Waals surface area contributed by atoms with Gasteiger partial charge >= 0.3 is 11.7 Å². The van der Waals surface area contributed by atoms with Crippen LogP contribution < -0.4 is 9.47 Å². The summed E-state index contributed by atoms with van der Waals surface area (Å²) in [5.41, 5.74) is -1.33. The van der Waals surface area contributed by atoms with Crippen LogP contribution in [-0.4, -0.2) is 23.9 Å². The van der Waals surface area contributed by atoms with Crippen molar-refractivity contribution in [3.05, 3.63) is 54.6 Å². The standard InChI is InChI=1S/C19H22N2O4/c1-3-4-14-19(18(22)23,25-15-10-6-5-7-11-15)21-20-16-12-8-9-13-17(16)24-2/h5-13H,3-4,14H2,1-2H3,(H,22,23). The molecule has 0 saturated carbocycles. The fourth-order valence-corrected chi connectivity index (χ4v) is 2.26. The van der Waals surface area contributed by atoms with E-state index < -0.39 is 11.7 Å². The minimum absolute atomic E-state index is 0.215. The highest BCUT2D eigenvalue weighted by Crippen LogP contribution is 2.31. The molecule has 6 nitrogen and oxygen atoms in total. The van der Waals surface area contributed by atoms with E-state index in [2.05, 4.69) is 10.2 Å². The summed E-state index contributed by atoms with van der Waals surface area (Å²) in [4.78, 5) is 12.0. The molecule has 1 atom stereocenters. The fraction of sp³-hybridized carbons (Fsp3) is 0.316. The molecule has 0 heterocycles. The molecular formula is C19H22N2O4. The van der Waals surface area contributed by atoms with Crippen molar-refractivity contribution in [2.75, 3.05) is 7.11 Å². The Morgan fingerprint density at radius 2 is 1.80 bits per heavy atom. The van der Waals surface area contributed by atoms with Crippen molar-refractivity contribution in [3.8, 4) is 11.5 Å². The number of hydrogen-bond donors (Lipinski definition) is 1. The number of hydrogen-bond acceptors (Lipinski definition) is 5. The summed E-state index contributed by atoms with van der Waals surface area (Å²) < 4.78 is 11.0. The minimum Gasteiger partial charge on any atom is -0.494 e. The Balaban J connectivity index is 2.38. The summed E-state index contributed by atoms with van der Waals surface area (Å²) >= 11 is 0. The number of unbranched alkanes of at least 4 members (excludes halogenated alkanes) is 1. The number of carboxylic acid groups (broad SMARTS) is 1. The van der Waals surface area contributed by atoms with Gasteiger partial charge in [0.25, 0.3) is 0 Å². The first kappa shape index (κ1) is 18.4. The second-order valence-corrected chi connectivity index (χ2v) is 5.48. The quantitative estimate of drug-likeness (QED) is 0.662. The summed E-state index contributed by atoms with van der Waals surface area (Å²) in [6.45, 7) is 1.98. The molecule has 0 spiro atoms. The first-order chi connectivity index (χ1) is 12.1. The molecule has 0 aliphatic heterocycles. The van der Waals surface area contributed by atoms with Gasteiger partial charge in [0, 0.05) is 6.42 Å². The van der Waals surface area contributed by atoms with Crippen LogP contribution in [0.3, 0.4) is 0 Å². The van der Waals surface area contributed by atoms with Crippen LogP contribution in [0.4, 0.5) is 5.69 Å². The van der Waals surface area contributed by atoms with E-state index in [0.717, 1.165) is 6.42 Å². The minimum atomic E-state index is -1.78. The second kappa shape index (κ2) is 8.82. The van der Waals surface area contributed by atoms with Crippen molar-refractivity contribution in [3.63, 3.8) is 0 Å². The lowest BCUT2D eigenvalue weighted by atomic mass is 10.1. The summed E-state index contributed by atoms with van der Waals surface area (Å²) in [5.74, 6) is -0.232. The van der Waals surface area contributed by atoms with E-state index in [1.54, 1.807) is 48.5 Å². The van der Waals surface area contributed by atoms with Crippen LogP contribution in [0.1, 0.15) is 26.2 Å². The molecule has 6 heteroatoms. The van der Waals surface area contributed by atoms with Crippen molar-refractivity contribution >= 4 is 11.7 Å². The van der Waals surface area contributed by atoms with E-state index >= 15 is 0 Å². The van der Waals surface area contributed by atoms with Gasteiger partial charge in [-0.15, -0.1) is 10.2 Å². The third-order valence-corrected chi connectivity index (χ3v) is 3.64. The number of rotatable bonds is 9. The van der Waals surface area contributed by atoms with Gasteiger partial charge in [0.15, 0.2) is 0 Å². The molecule has 0 aliphatic rings. The highest BCUT2D eigenvalue weighted by Gasteiger charge is 2.41. The van der Waals surface area contributed by atoms with Crippen molar-refractivity contribution in [2.24, 2.45) is 10.2 Å². The Morgan fingerprint density at radius 3 is 2.44 bits per heavy atom. The maximum Gasteiger partial charge on any atom is 0.373 e. The van der Waals surface area contributed by atoms with E-state index in [-0.39, 0.29) is 6.42 Å². The van der Waals surface area contributed by atoms with E-state index in [0.29, 0.717) is 23.6 Å². The molecule has 0 aromatic heterocycles. The Bertz CT molecular complexity index is 718. The number of azo groups is 1. The number of ether oxygens (including phenoxy) is 2. The zero-order chi connectivity index (χ0) is 18.1. The van der Waals surface area contributed by atoms with Gasteiger partial charge in [-0.3, -0.25) is 0 Å². The van der Waals surface area contributed by atoms with E-state index in [4.69, 9.17) is 9.47 Å². The number of carboxylic acids is 1. The molecule has 2 aromatic carbocycles. The molecule has 1 unspecified atom stereocenters. The van der Waals surface area contributed by atoms with Gasteiger partial charge in [-0.05, 0) is 30.7 Å². The van der Waals surface area contributed by atoms with Crippen LogP contribution in [-0.2, 0) is 4.79 Å². The lowest BCUT2D eigenvalue weighted by Crippen LogP contribution is -2.42. The van der Waals surface area contributed by atoms with E-state index in [1.165, 1.54) is 7.11 Å². The van der Waals surface area contributed by atoms with Crippen molar-refractivity contribution in [1.29, 1.82) is 0 Å². The van der Waals surface area contributed by atoms with Gasteiger partial charge in [0.05, 0.1) is 7.11 Å². The topological polar surface area (TPSA) is 80.5 Å². The molecule has 0 radical (unpaired) electrons. The summed E-state index contributed by atoms with van der Waals surface area (Å²) in [7, 11) is 1.52. The number of carbonyl (C=O) groups is 1. The zero-order valence-electron chi connectivity index (χ0n) is 14.4. The van der Waals surface area contributed by atoms with E-state index in [9.17, 15) is 9.90 Å². The van der Waals surface area contributed by atoms with E-state index in [1.807, 2.05) is 13.0 Å². The molecule has 132 valence electrons. The second-order valence-electron chi connectivity index (χ2n) is 5.48. The molecule has 2 rings (SSSR count). The normalized spacial score (nSPS) is 13.4. The number of aliphatic carboxylic acids is 1. The largest absolute Gasteiger partial charge is 0.494 e. The first-order valence-corrected chi connectivity index (χ1v) is 8.14. The average Bonchev–Trinajstić information content (AvgIpc) is 2.65. The van der Waals surface area contributed by atoms with Gasteiger partial charge < -0.3 is 14.6 Å². The number of methoxy groups -OCH3 is 1. The Hall–Kier alpha value is -2.89. The summed E-state index contributed by atoms with van der Waals surface area (Å²) in [6, 6.07) is 15.8. The monoisotopic (exact) mass is 342 g/mol. The van der Waals surface area contributed by atoms with Crippen molar-refractivity contribution in [1.82, 2.24) is 0 Å². The lowest BCUT2D eigenvalue weighted by molar-refractivity contribution is -0.156. The fourth-order valence-electron chi connectivity index (χ4n) is 2.26. The lowest BCUT2D eigenvalue weighted by Gasteiger charge is -2.25. The van der Waals surface area contributed by atoms with Crippen LogP contribution in [0, 0.1) is 0 Å². The molecule has 0 aliphatic carbocycles. The highest BCUT2D eigenvalue weighted by molar-refractivity contribution is 5.77. The molecule has 0 fully saturated rings. The predicted octanol–water partition coefficient (Wildman–Crippen LogP) is 4.83.